The molecule has 0 aliphatic carbocycles. The van der Waals surface area contributed by atoms with Gasteiger partial charge in [0.25, 0.3) is 0 Å². The molecule has 60 valence electrons. The summed E-state index contributed by atoms with van der Waals surface area (Å²) in [6.45, 7) is 6.49. The van der Waals surface area contributed by atoms with E-state index in [1.54, 1.807) is 0 Å². The third-order valence-electron chi connectivity index (χ3n) is 1.31. The number of amidine groups is 1. The molecule has 0 aromatic rings. The normalized spacial score (nSPS) is 13.6. The Morgan fingerprint density at radius 1 is 1.20 bits per heavy atom. The second-order valence-corrected chi connectivity index (χ2v) is 3.69. The minimum atomic E-state index is 0.165. The molecular weight excluding hydrogens is 124 g/mol. The topological polar surface area (TPSA) is 15.6 Å². The summed E-state index contributed by atoms with van der Waals surface area (Å²) in [6.07, 6.45) is 0. The summed E-state index contributed by atoms with van der Waals surface area (Å²) in [5.41, 5.74) is 0.165. The second-order valence-electron chi connectivity index (χ2n) is 3.69. The lowest BCUT2D eigenvalue weighted by atomic mass is 9.94. The average Bonchev–Trinajstić information content (AvgIpc) is 1.60. The molecule has 0 spiro atoms. The molecule has 0 amide bonds. The highest BCUT2D eigenvalue weighted by atomic mass is 15.1. The summed E-state index contributed by atoms with van der Waals surface area (Å²) in [5.74, 6) is 1.13. The molecule has 0 saturated heterocycles. The van der Waals surface area contributed by atoms with Crippen LogP contribution in [0, 0.1) is 5.41 Å². The Kier molecular flexibility index (Phi) is 2.88. The van der Waals surface area contributed by atoms with Crippen LogP contribution in [0.2, 0.25) is 0 Å². The van der Waals surface area contributed by atoms with Gasteiger partial charge in [0.1, 0.15) is 5.84 Å². The Labute approximate surface area is 63.9 Å². The fourth-order valence-electron chi connectivity index (χ4n) is 1.21. The van der Waals surface area contributed by atoms with E-state index in [0.29, 0.717) is 0 Å². The first-order chi connectivity index (χ1) is 4.39. The van der Waals surface area contributed by atoms with Crippen LogP contribution >= 0.6 is 0 Å². The molecule has 0 radical (unpaired) electrons. The predicted octanol–water partition coefficient (Wildman–Crippen LogP) is 1.62. The van der Waals surface area contributed by atoms with Crippen molar-refractivity contribution in [3.63, 3.8) is 0 Å². The Morgan fingerprint density at radius 2 is 1.60 bits per heavy atom. The Morgan fingerprint density at radius 3 is 1.60 bits per heavy atom. The van der Waals surface area contributed by atoms with Crippen LogP contribution in [0.4, 0.5) is 0 Å². The van der Waals surface area contributed by atoms with Crippen LogP contribution in [0.5, 0.6) is 0 Å². The molecule has 2 heteroatoms. The van der Waals surface area contributed by atoms with Gasteiger partial charge in [-0.05, 0) is 0 Å². The van der Waals surface area contributed by atoms with Gasteiger partial charge in [0.15, 0.2) is 0 Å². The highest BCUT2D eigenvalue weighted by molar-refractivity contribution is 5.86. The van der Waals surface area contributed by atoms with Crippen molar-refractivity contribution in [3.05, 3.63) is 0 Å². The fraction of sp³-hybridized carbons (Fsp3) is 0.875. The maximum atomic E-state index is 4.20. The van der Waals surface area contributed by atoms with Crippen molar-refractivity contribution in [1.82, 2.24) is 4.90 Å². The van der Waals surface area contributed by atoms with Crippen molar-refractivity contribution in [1.29, 1.82) is 0 Å². The Hall–Kier alpha value is -0.530. The highest BCUT2D eigenvalue weighted by Crippen LogP contribution is 2.16. The lowest BCUT2D eigenvalue weighted by Crippen LogP contribution is -2.33. The van der Waals surface area contributed by atoms with E-state index in [9.17, 15) is 0 Å². The van der Waals surface area contributed by atoms with Gasteiger partial charge in [-0.1, -0.05) is 20.8 Å². The van der Waals surface area contributed by atoms with E-state index < -0.39 is 0 Å². The van der Waals surface area contributed by atoms with Gasteiger partial charge in [0, 0.05) is 26.6 Å². The number of rotatable bonds is 0. The lowest BCUT2D eigenvalue weighted by molar-refractivity contribution is 0.480. The molecule has 10 heavy (non-hydrogen) atoms. The van der Waals surface area contributed by atoms with Crippen molar-refractivity contribution in [2.45, 2.75) is 20.8 Å². The summed E-state index contributed by atoms with van der Waals surface area (Å²) in [5, 5.41) is 0. The van der Waals surface area contributed by atoms with Gasteiger partial charge in [0.2, 0.25) is 0 Å². The van der Waals surface area contributed by atoms with E-state index in [0.717, 1.165) is 5.84 Å². The second kappa shape index (κ2) is 3.04. The molecule has 0 aromatic heterocycles. The summed E-state index contributed by atoms with van der Waals surface area (Å²) < 4.78 is 0. The number of hydrogen-bond acceptors (Lipinski definition) is 1. The van der Waals surface area contributed by atoms with Crippen LogP contribution < -0.4 is 0 Å². The van der Waals surface area contributed by atoms with E-state index in [1.807, 2.05) is 21.1 Å². The van der Waals surface area contributed by atoms with E-state index in [-0.39, 0.29) is 5.41 Å². The SMILES string of the molecule is C/N=C(/N(C)C)C(C)(C)C. The van der Waals surface area contributed by atoms with E-state index in [2.05, 4.69) is 30.7 Å². The highest BCUT2D eigenvalue weighted by Gasteiger charge is 2.19. The zero-order valence-electron chi connectivity index (χ0n) is 7.89. The molecular formula is C8H18N2. The minimum Gasteiger partial charge on any atom is -0.366 e. The first-order valence-corrected chi connectivity index (χ1v) is 3.54. The van der Waals surface area contributed by atoms with Crippen molar-refractivity contribution in [3.8, 4) is 0 Å². The number of hydrogen-bond donors (Lipinski definition) is 0. The van der Waals surface area contributed by atoms with Gasteiger partial charge in [-0.25, -0.2) is 0 Å². The number of aliphatic imine (C=N–C) groups is 1. The van der Waals surface area contributed by atoms with Crippen molar-refractivity contribution >= 4 is 5.84 Å². The van der Waals surface area contributed by atoms with Crippen LogP contribution in [0.25, 0.3) is 0 Å². The van der Waals surface area contributed by atoms with Gasteiger partial charge < -0.3 is 4.90 Å². The largest absolute Gasteiger partial charge is 0.366 e. The maximum absolute atomic E-state index is 4.20. The van der Waals surface area contributed by atoms with Gasteiger partial charge in [-0.3, -0.25) is 4.99 Å². The molecule has 0 aromatic carbocycles. The van der Waals surface area contributed by atoms with Crippen LogP contribution in [0.3, 0.4) is 0 Å². The van der Waals surface area contributed by atoms with Crippen LogP contribution in [0.1, 0.15) is 20.8 Å². The standard InChI is InChI=1S/C8H18N2/c1-8(2,3)7(9-4)10(5)6/h1-6H3/b9-7+. The molecule has 0 saturated carbocycles. The van der Waals surface area contributed by atoms with Gasteiger partial charge in [-0.15, -0.1) is 0 Å². The molecule has 0 atom stereocenters. The lowest BCUT2D eigenvalue weighted by Gasteiger charge is -2.27. The van der Waals surface area contributed by atoms with Gasteiger partial charge in [-0.2, -0.15) is 0 Å². The van der Waals surface area contributed by atoms with E-state index in [4.69, 9.17) is 0 Å². The third kappa shape index (κ3) is 2.38. The predicted molar refractivity (Wildman–Crippen MR) is 46.5 cm³/mol. The third-order valence-corrected chi connectivity index (χ3v) is 1.31. The Balaban J connectivity index is 4.40. The van der Waals surface area contributed by atoms with E-state index in [1.165, 1.54) is 0 Å². The molecule has 0 fully saturated rings. The quantitative estimate of drug-likeness (QED) is 0.371. The van der Waals surface area contributed by atoms with Crippen LogP contribution in [-0.4, -0.2) is 31.9 Å². The summed E-state index contributed by atoms with van der Waals surface area (Å²) in [7, 11) is 5.88. The zero-order chi connectivity index (χ0) is 8.36. The monoisotopic (exact) mass is 142 g/mol. The average molecular weight is 142 g/mol. The molecule has 0 aliphatic heterocycles. The maximum Gasteiger partial charge on any atom is 0.103 e. The molecule has 0 heterocycles. The summed E-state index contributed by atoms with van der Waals surface area (Å²) in [6, 6.07) is 0. The van der Waals surface area contributed by atoms with Crippen molar-refractivity contribution in [2.75, 3.05) is 21.1 Å². The molecule has 0 bridgehead atoms. The smallest absolute Gasteiger partial charge is 0.103 e. The fourth-order valence-corrected chi connectivity index (χ4v) is 1.21. The zero-order valence-corrected chi connectivity index (χ0v) is 7.89. The number of nitrogens with zero attached hydrogens (tertiary/aromatic N) is 2. The molecule has 2 nitrogen and oxygen atoms in total. The van der Waals surface area contributed by atoms with Crippen molar-refractivity contribution < 1.29 is 0 Å². The molecule has 0 unspecified atom stereocenters. The van der Waals surface area contributed by atoms with Crippen LogP contribution in [-0.2, 0) is 0 Å². The van der Waals surface area contributed by atoms with Crippen molar-refractivity contribution in [2.24, 2.45) is 10.4 Å². The van der Waals surface area contributed by atoms with Gasteiger partial charge >= 0.3 is 0 Å². The Bertz CT molecular complexity index is 129. The first kappa shape index (κ1) is 9.47. The molecule has 0 aliphatic rings. The van der Waals surface area contributed by atoms with E-state index >= 15 is 0 Å². The summed E-state index contributed by atoms with van der Waals surface area (Å²) in [4.78, 5) is 6.26. The van der Waals surface area contributed by atoms with Crippen LogP contribution in [0.15, 0.2) is 4.99 Å². The van der Waals surface area contributed by atoms with Gasteiger partial charge in [0.05, 0.1) is 0 Å². The minimum absolute atomic E-state index is 0.165. The molecule has 0 rings (SSSR count). The molecule has 0 N–H and O–H groups in total. The summed E-state index contributed by atoms with van der Waals surface area (Å²) >= 11 is 0. The first-order valence-electron chi connectivity index (χ1n) is 3.54.